The monoisotopic (exact) mass is 411 g/mol. The van der Waals surface area contributed by atoms with Crippen LogP contribution in [0.15, 0.2) is 18.2 Å². The molecule has 0 aliphatic carbocycles. The number of rotatable bonds is 7. The molecule has 2 N–H and O–H groups in total. The van der Waals surface area contributed by atoms with E-state index in [0.717, 1.165) is 32.4 Å². The van der Waals surface area contributed by atoms with E-state index in [1.165, 1.54) is 0 Å². The van der Waals surface area contributed by atoms with Crippen LogP contribution < -0.4 is 20.1 Å². The molecular formula is C20H30ClN3O4. The SMILES string of the molecule is CCN(CC(=O)Nc1ccc2c(c1)OCCO2)C(=O)CCC1CCNCC1.Cl. The number of anilines is 1. The number of amides is 2. The molecule has 8 heteroatoms. The molecule has 2 aliphatic heterocycles. The van der Waals surface area contributed by atoms with Gasteiger partial charge in [0.15, 0.2) is 11.5 Å². The number of carbonyl (C=O) groups is 2. The van der Waals surface area contributed by atoms with Gasteiger partial charge in [0.1, 0.15) is 13.2 Å². The molecular weight excluding hydrogens is 382 g/mol. The maximum absolute atomic E-state index is 12.5. The molecule has 0 radical (unpaired) electrons. The topological polar surface area (TPSA) is 79.9 Å². The Kier molecular flexibility index (Phi) is 8.86. The predicted molar refractivity (Wildman–Crippen MR) is 110 cm³/mol. The molecule has 1 aromatic rings. The lowest BCUT2D eigenvalue weighted by molar-refractivity contribution is -0.134. The normalized spacial score (nSPS) is 16.0. The summed E-state index contributed by atoms with van der Waals surface area (Å²) in [6.45, 7) is 5.60. The molecule has 156 valence electrons. The van der Waals surface area contributed by atoms with Gasteiger partial charge in [0, 0.05) is 24.7 Å². The Morgan fingerprint density at radius 3 is 2.61 bits per heavy atom. The molecule has 0 atom stereocenters. The fourth-order valence-corrected chi connectivity index (χ4v) is 3.53. The van der Waals surface area contributed by atoms with Gasteiger partial charge in [-0.1, -0.05) is 0 Å². The number of ether oxygens (including phenoxy) is 2. The summed E-state index contributed by atoms with van der Waals surface area (Å²) in [5, 5.41) is 6.18. The van der Waals surface area contributed by atoms with Crippen LogP contribution in [-0.2, 0) is 9.59 Å². The quantitative estimate of drug-likeness (QED) is 0.720. The van der Waals surface area contributed by atoms with Crippen molar-refractivity contribution in [3.63, 3.8) is 0 Å². The van der Waals surface area contributed by atoms with E-state index < -0.39 is 0 Å². The number of carbonyl (C=O) groups excluding carboxylic acids is 2. The molecule has 3 rings (SSSR count). The van der Waals surface area contributed by atoms with E-state index in [1.807, 2.05) is 6.92 Å². The lowest BCUT2D eigenvalue weighted by Crippen LogP contribution is -2.38. The summed E-state index contributed by atoms with van der Waals surface area (Å²) >= 11 is 0. The van der Waals surface area contributed by atoms with Gasteiger partial charge in [0.25, 0.3) is 0 Å². The minimum Gasteiger partial charge on any atom is -0.486 e. The van der Waals surface area contributed by atoms with Gasteiger partial charge in [-0.25, -0.2) is 0 Å². The lowest BCUT2D eigenvalue weighted by Gasteiger charge is -2.25. The van der Waals surface area contributed by atoms with Crippen LogP contribution in [0.5, 0.6) is 11.5 Å². The van der Waals surface area contributed by atoms with Crippen molar-refractivity contribution in [3.8, 4) is 11.5 Å². The number of piperidine rings is 1. The zero-order chi connectivity index (χ0) is 19.1. The fourth-order valence-electron chi connectivity index (χ4n) is 3.53. The highest BCUT2D eigenvalue weighted by Gasteiger charge is 2.19. The summed E-state index contributed by atoms with van der Waals surface area (Å²) in [5.41, 5.74) is 0.641. The zero-order valence-corrected chi connectivity index (χ0v) is 17.2. The maximum Gasteiger partial charge on any atom is 0.243 e. The first-order chi connectivity index (χ1) is 13.2. The van der Waals surface area contributed by atoms with E-state index in [0.29, 0.717) is 49.3 Å². The Morgan fingerprint density at radius 2 is 1.89 bits per heavy atom. The molecule has 2 heterocycles. The highest BCUT2D eigenvalue weighted by atomic mass is 35.5. The van der Waals surface area contributed by atoms with Crippen molar-refractivity contribution >= 4 is 29.9 Å². The largest absolute Gasteiger partial charge is 0.486 e. The maximum atomic E-state index is 12.5. The minimum absolute atomic E-state index is 0. The third kappa shape index (κ3) is 6.27. The van der Waals surface area contributed by atoms with Crippen LogP contribution in [-0.4, -0.2) is 56.1 Å². The number of fused-ring (bicyclic) bond motifs is 1. The molecule has 0 aromatic heterocycles. The third-order valence-corrected chi connectivity index (χ3v) is 5.12. The van der Waals surface area contributed by atoms with E-state index in [1.54, 1.807) is 23.1 Å². The molecule has 7 nitrogen and oxygen atoms in total. The van der Waals surface area contributed by atoms with Crippen LogP contribution in [0.2, 0.25) is 0 Å². The van der Waals surface area contributed by atoms with Crippen molar-refractivity contribution in [3.05, 3.63) is 18.2 Å². The zero-order valence-electron chi connectivity index (χ0n) is 16.4. The van der Waals surface area contributed by atoms with Gasteiger partial charge >= 0.3 is 0 Å². The second-order valence-electron chi connectivity index (χ2n) is 7.05. The van der Waals surface area contributed by atoms with Crippen LogP contribution in [0.4, 0.5) is 5.69 Å². The summed E-state index contributed by atoms with van der Waals surface area (Å²) in [6.07, 6.45) is 3.67. The average Bonchev–Trinajstić information content (AvgIpc) is 2.71. The standard InChI is InChI=1S/C20H29N3O4.ClH/c1-2-23(20(25)6-3-15-7-9-21-10-8-15)14-19(24)22-16-4-5-17-18(13-16)27-12-11-26-17;/h4-5,13,15,21H,2-3,6-12,14H2,1H3,(H,22,24);1H. The molecule has 2 amide bonds. The highest BCUT2D eigenvalue weighted by Crippen LogP contribution is 2.32. The van der Waals surface area contributed by atoms with Crippen LogP contribution in [0, 0.1) is 5.92 Å². The molecule has 28 heavy (non-hydrogen) atoms. The Hall–Kier alpha value is -1.99. The van der Waals surface area contributed by atoms with Gasteiger partial charge in [-0.05, 0) is 57.3 Å². The number of hydrogen-bond donors (Lipinski definition) is 2. The van der Waals surface area contributed by atoms with Gasteiger partial charge in [-0.3, -0.25) is 9.59 Å². The van der Waals surface area contributed by atoms with Gasteiger partial charge in [0.05, 0.1) is 6.54 Å². The number of nitrogens with zero attached hydrogens (tertiary/aromatic N) is 1. The first kappa shape index (κ1) is 22.3. The third-order valence-electron chi connectivity index (χ3n) is 5.12. The summed E-state index contributed by atoms with van der Waals surface area (Å²) in [5.74, 6) is 1.77. The fraction of sp³-hybridized carbons (Fsp3) is 0.600. The molecule has 1 saturated heterocycles. The van der Waals surface area contributed by atoms with Crippen molar-refractivity contribution in [2.75, 3.05) is 44.7 Å². The van der Waals surface area contributed by atoms with E-state index >= 15 is 0 Å². The average molecular weight is 412 g/mol. The number of likely N-dealkylation sites (N-methyl/N-ethyl adjacent to an activating group) is 1. The van der Waals surface area contributed by atoms with E-state index in [2.05, 4.69) is 10.6 Å². The Morgan fingerprint density at radius 1 is 1.18 bits per heavy atom. The molecule has 1 aromatic carbocycles. The Balaban J connectivity index is 0.00000280. The van der Waals surface area contributed by atoms with Gasteiger partial charge in [0.2, 0.25) is 11.8 Å². The van der Waals surface area contributed by atoms with Crippen molar-refractivity contribution < 1.29 is 19.1 Å². The summed E-state index contributed by atoms with van der Waals surface area (Å²) < 4.78 is 11.0. The second-order valence-corrected chi connectivity index (χ2v) is 7.05. The molecule has 0 saturated carbocycles. The van der Waals surface area contributed by atoms with Crippen molar-refractivity contribution in [1.29, 1.82) is 0 Å². The van der Waals surface area contributed by atoms with Crippen molar-refractivity contribution in [1.82, 2.24) is 10.2 Å². The minimum atomic E-state index is -0.205. The highest BCUT2D eigenvalue weighted by molar-refractivity contribution is 5.94. The lowest BCUT2D eigenvalue weighted by atomic mass is 9.93. The summed E-state index contributed by atoms with van der Waals surface area (Å²) in [4.78, 5) is 26.5. The number of hydrogen-bond acceptors (Lipinski definition) is 5. The van der Waals surface area contributed by atoms with E-state index in [-0.39, 0.29) is 30.8 Å². The first-order valence-corrected chi connectivity index (χ1v) is 9.83. The van der Waals surface area contributed by atoms with Crippen LogP contribution in [0.1, 0.15) is 32.6 Å². The number of benzene rings is 1. The molecule has 0 bridgehead atoms. The van der Waals surface area contributed by atoms with Gasteiger partial charge < -0.3 is 25.0 Å². The second kappa shape index (κ2) is 11.1. The molecule has 2 aliphatic rings. The van der Waals surface area contributed by atoms with E-state index in [9.17, 15) is 9.59 Å². The van der Waals surface area contributed by atoms with Crippen LogP contribution >= 0.6 is 12.4 Å². The first-order valence-electron chi connectivity index (χ1n) is 9.83. The number of halogens is 1. The smallest absolute Gasteiger partial charge is 0.243 e. The molecule has 1 fully saturated rings. The molecule has 0 spiro atoms. The van der Waals surface area contributed by atoms with Gasteiger partial charge in [-0.2, -0.15) is 0 Å². The van der Waals surface area contributed by atoms with Crippen molar-refractivity contribution in [2.24, 2.45) is 5.92 Å². The Bertz CT molecular complexity index is 665. The van der Waals surface area contributed by atoms with Crippen LogP contribution in [0.25, 0.3) is 0 Å². The predicted octanol–water partition coefficient (Wildman–Crippen LogP) is 2.45. The van der Waals surface area contributed by atoms with E-state index in [4.69, 9.17) is 9.47 Å². The Labute approximate surface area is 172 Å². The summed E-state index contributed by atoms with van der Waals surface area (Å²) in [7, 11) is 0. The number of nitrogens with one attached hydrogen (secondary N) is 2. The van der Waals surface area contributed by atoms with Crippen LogP contribution in [0.3, 0.4) is 0 Å². The van der Waals surface area contributed by atoms with Crippen molar-refractivity contribution in [2.45, 2.75) is 32.6 Å². The summed E-state index contributed by atoms with van der Waals surface area (Å²) in [6, 6.07) is 5.31. The molecule has 0 unspecified atom stereocenters. The van der Waals surface area contributed by atoms with Gasteiger partial charge in [-0.15, -0.1) is 12.4 Å².